The Kier molecular flexibility index (Phi) is 3.22. The number of anilines is 1. The van der Waals surface area contributed by atoms with Crippen molar-refractivity contribution in [1.29, 1.82) is 0 Å². The molecule has 1 heterocycles. The van der Waals surface area contributed by atoms with E-state index < -0.39 is 12.5 Å². The van der Waals surface area contributed by atoms with Gasteiger partial charge in [0, 0.05) is 6.07 Å². The van der Waals surface area contributed by atoms with Crippen LogP contribution < -0.4 is 10.1 Å². The molecule has 0 aliphatic heterocycles. The Morgan fingerprint density at radius 2 is 2.46 bits per heavy atom. The number of ether oxygens (including phenoxy) is 1. The molecule has 0 radical (unpaired) electrons. The second kappa shape index (κ2) is 4.42. The molecule has 2 N–H and O–H groups in total. The van der Waals surface area contributed by atoms with E-state index >= 15 is 0 Å². The zero-order chi connectivity index (χ0) is 9.68. The van der Waals surface area contributed by atoms with Gasteiger partial charge in [-0.3, -0.25) is 4.79 Å². The Bertz CT molecular complexity index is 284. The molecule has 5 nitrogen and oxygen atoms in total. The van der Waals surface area contributed by atoms with Gasteiger partial charge in [0.15, 0.2) is 0 Å². The van der Waals surface area contributed by atoms with E-state index in [1.165, 1.54) is 13.3 Å². The summed E-state index contributed by atoms with van der Waals surface area (Å²) >= 11 is 0. The number of aliphatic hydroxyl groups is 1. The Balaban J connectivity index is 2.64. The molecule has 5 heteroatoms. The first-order chi connectivity index (χ1) is 6.26. The molecule has 1 rings (SSSR count). The fraction of sp³-hybridized carbons (Fsp3) is 0.250. The molecule has 0 spiro atoms. The highest BCUT2D eigenvalue weighted by Gasteiger charge is 1.99. The SMILES string of the molecule is COc1ccc(NC(=O)CO)cn1. The molecule has 0 saturated heterocycles. The lowest BCUT2D eigenvalue weighted by molar-refractivity contribution is -0.118. The summed E-state index contributed by atoms with van der Waals surface area (Å²) in [5.74, 6) is 0.00830. The van der Waals surface area contributed by atoms with Gasteiger partial charge in [0.1, 0.15) is 6.61 Å². The number of hydrogen-bond donors (Lipinski definition) is 2. The lowest BCUT2D eigenvalue weighted by atomic mass is 10.4. The lowest BCUT2D eigenvalue weighted by Crippen LogP contribution is -2.15. The van der Waals surface area contributed by atoms with Gasteiger partial charge < -0.3 is 15.2 Å². The van der Waals surface area contributed by atoms with Gasteiger partial charge in [-0.05, 0) is 6.07 Å². The first-order valence-corrected chi connectivity index (χ1v) is 3.67. The van der Waals surface area contributed by atoms with Gasteiger partial charge in [-0.25, -0.2) is 4.98 Å². The van der Waals surface area contributed by atoms with Crippen LogP contribution in [0.2, 0.25) is 0 Å². The number of aromatic nitrogens is 1. The molecule has 1 aromatic rings. The molecular weight excluding hydrogens is 172 g/mol. The second-order valence-corrected chi connectivity index (χ2v) is 2.30. The zero-order valence-corrected chi connectivity index (χ0v) is 7.15. The summed E-state index contributed by atoms with van der Waals surface area (Å²) in [6.07, 6.45) is 1.45. The van der Waals surface area contributed by atoms with Crippen molar-refractivity contribution < 1.29 is 14.6 Å². The van der Waals surface area contributed by atoms with Crippen LogP contribution in [0.15, 0.2) is 18.3 Å². The first kappa shape index (κ1) is 9.47. The Hall–Kier alpha value is -1.62. The van der Waals surface area contributed by atoms with Crippen LogP contribution in [-0.4, -0.2) is 29.7 Å². The van der Waals surface area contributed by atoms with Crippen molar-refractivity contribution in [3.63, 3.8) is 0 Å². The van der Waals surface area contributed by atoms with Crippen molar-refractivity contribution in [2.24, 2.45) is 0 Å². The van der Waals surface area contributed by atoms with Crippen molar-refractivity contribution in [1.82, 2.24) is 4.98 Å². The highest BCUT2D eigenvalue weighted by Crippen LogP contribution is 2.10. The summed E-state index contributed by atoms with van der Waals surface area (Å²) in [6.45, 7) is -0.536. The fourth-order valence-electron chi connectivity index (χ4n) is 0.776. The van der Waals surface area contributed by atoms with E-state index in [1.807, 2.05) is 0 Å². The molecule has 0 fully saturated rings. The van der Waals surface area contributed by atoms with E-state index in [4.69, 9.17) is 9.84 Å². The predicted octanol–water partition coefficient (Wildman–Crippen LogP) is 0.0210. The largest absolute Gasteiger partial charge is 0.481 e. The van der Waals surface area contributed by atoms with Crippen LogP contribution in [0.5, 0.6) is 5.88 Å². The first-order valence-electron chi connectivity index (χ1n) is 3.67. The molecule has 0 atom stereocenters. The maximum atomic E-state index is 10.7. The van der Waals surface area contributed by atoms with Gasteiger partial charge in [-0.15, -0.1) is 0 Å². The second-order valence-electron chi connectivity index (χ2n) is 2.30. The third-order valence-corrected chi connectivity index (χ3v) is 1.37. The van der Waals surface area contributed by atoms with E-state index in [0.717, 1.165) is 0 Å². The monoisotopic (exact) mass is 182 g/mol. The number of aliphatic hydroxyl groups excluding tert-OH is 1. The van der Waals surface area contributed by atoms with E-state index in [2.05, 4.69) is 10.3 Å². The van der Waals surface area contributed by atoms with Crippen molar-refractivity contribution in [2.75, 3.05) is 19.0 Å². The number of carbonyl (C=O) groups excluding carboxylic acids is 1. The van der Waals surface area contributed by atoms with Gasteiger partial charge in [-0.2, -0.15) is 0 Å². The number of amides is 1. The summed E-state index contributed by atoms with van der Waals surface area (Å²) in [4.78, 5) is 14.6. The topological polar surface area (TPSA) is 71.5 Å². The average Bonchev–Trinajstić information content (AvgIpc) is 2.19. The molecule has 1 amide bonds. The quantitative estimate of drug-likeness (QED) is 0.691. The van der Waals surface area contributed by atoms with E-state index in [0.29, 0.717) is 11.6 Å². The Morgan fingerprint density at radius 3 is 2.92 bits per heavy atom. The summed E-state index contributed by atoms with van der Waals surface area (Å²) < 4.78 is 4.83. The smallest absolute Gasteiger partial charge is 0.250 e. The number of carbonyl (C=O) groups is 1. The minimum atomic E-state index is -0.536. The lowest BCUT2D eigenvalue weighted by Gasteiger charge is -2.02. The van der Waals surface area contributed by atoms with Crippen molar-refractivity contribution >= 4 is 11.6 Å². The summed E-state index contributed by atoms with van der Waals surface area (Å²) in [6, 6.07) is 3.26. The van der Waals surface area contributed by atoms with Crippen LogP contribution in [-0.2, 0) is 4.79 Å². The van der Waals surface area contributed by atoms with Crippen molar-refractivity contribution in [3.8, 4) is 5.88 Å². The van der Waals surface area contributed by atoms with Crippen LogP contribution >= 0.6 is 0 Å². The molecule has 0 bridgehead atoms. The zero-order valence-electron chi connectivity index (χ0n) is 7.15. The molecule has 0 unspecified atom stereocenters. The van der Waals surface area contributed by atoms with E-state index in [1.54, 1.807) is 12.1 Å². The van der Waals surface area contributed by atoms with Crippen LogP contribution in [0.4, 0.5) is 5.69 Å². The number of methoxy groups -OCH3 is 1. The van der Waals surface area contributed by atoms with E-state index in [-0.39, 0.29) is 0 Å². The predicted molar refractivity (Wildman–Crippen MR) is 46.5 cm³/mol. The third-order valence-electron chi connectivity index (χ3n) is 1.37. The molecule has 70 valence electrons. The molecular formula is C8H10N2O3. The standard InChI is InChI=1S/C8H10N2O3/c1-13-8-3-2-6(4-9-8)10-7(12)5-11/h2-4,11H,5H2,1H3,(H,10,12). The van der Waals surface area contributed by atoms with E-state index in [9.17, 15) is 4.79 Å². The number of nitrogens with one attached hydrogen (secondary N) is 1. The highest BCUT2D eigenvalue weighted by molar-refractivity contribution is 5.91. The minimum absolute atomic E-state index is 0.466. The molecule has 0 aromatic carbocycles. The third kappa shape index (κ3) is 2.72. The van der Waals surface area contributed by atoms with Crippen molar-refractivity contribution in [2.45, 2.75) is 0 Å². The molecule has 1 aromatic heterocycles. The van der Waals surface area contributed by atoms with Crippen LogP contribution in [0, 0.1) is 0 Å². The summed E-state index contributed by atoms with van der Waals surface area (Å²) in [5.41, 5.74) is 0.528. The van der Waals surface area contributed by atoms with Gasteiger partial charge >= 0.3 is 0 Å². The van der Waals surface area contributed by atoms with Crippen molar-refractivity contribution in [3.05, 3.63) is 18.3 Å². The minimum Gasteiger partial charge on any atom is -0.481 e. The van der Waals surface area contributed by atoms with Gasteiger partial charge in [0.05, 0.1) is 19.0 Å². The number of rotatable bonds is 3. The number of hydrogen-bond acceptors (Lipinski definition) is 4. The maximum Gasteiger partial charge on any atom is 0.250 e. The van der Waals surface area contributed by atoms with Crippen LogP contribution in [0.1, 0.15) is 0 Å². The number of nitrogens with zero attached hydrogens (tertiary/aromatic N) is 1. The summed E-state index contributed by atoms with van der Waals surface area (Å²) in [7, 11) is 1.51. The fourth-order valence-corrected chi connectivity index (χ4v) is 0.776. The van der Waals surface area contributed by atoms with Crippen LogP contribution in [0.3, 0.4) is 0 Å². The molecule has 0 aliphatic carbocycles. The molecule has 0 aliphatic rings. The molecule has 13 heavy (non-hydrogen) atoms. The highest BCUT2D eigenvalue weighted by atomic mass is 16.5. The van der Waals surface area contributed by atoms with Gasteiger partial charge in [0.25, 0.3) is 0 Å². The maximum absolute atomic E-state index is 10.7. The van der Waals surface area contributed by atoms with Gasteiger partial charge in [0.2, 0.25) is 11.8 Å². The average molecular weight is 182 g/mol. The Morgan fingerprint density at radius 1 is 1.69 bits per heavy atom. The summed E-state index contributed by atoms with van der Waals surface area (Å²) in [5, 5.41) is 10.9. The Labute approximate surface area is 75.4 Å². The molecule has 0 saturated carbocycles. The number of pyridine rings is 1. The normalized spacial score (nSPS) is 9.38. The van der Waals surface area contributed by atoms with Crippen LogP contribution in [0.25, 0.3) is 0 Å². The van der Waals surface area contributed by atoms with Gasteiger partial charge in [-0.1, -0.05) is 0 Å².